The van der Waals surface area contributed by atoms with Crippen LogP contribution in [0.1, 0.15) is 0 Å². The summed E-state index contributed by atoms with van der Waals surface area (Å²) < 4.78 is 4.65. The molecule has 2 rings (SSSR count). The van der Waals surface area contributed by atoms with Crippen LogP contribution in [0.4, 0.5) is 0 Å². The molecule has 0 aromatic carbocycles. The highest BCUT2D eigenvalue weighted by Crippen LogP contribution is 2.03. The average molecular weight is 122 g/mol. The van der Waals surface area contributed by atoms with Gasteiger partial charge in [0.25, 0.3) is 5.71 Å². The largest absolute Gasteiger partial charge is 0.334 e. The molecule has 0 fully saturated rings. The number of hydrogen-bond donors (Lipinski definition) is 0. The number of rotatable bonds is 0. The zero-order chi connectivity index (χ0) is 6.10. The van der Waals surface area contributed by atoms with Crippen LogP contribution in [0.5, 0.6) is 0 Å². The zero-order valence-electron chi connectivity index (χ0n) is 4.35. The fraction of sp³-hybridized carbons (Fsp3) is 0. The minimum Gasteiger partial charge on any atom is -0.334 e. The molecule has 0 aliphatic heterocycles. The van der Waals surface area contributed by atoms with Crippen molar-refractivity contribution in [3.63, 3.8) is 0 Å². The Morgan fingerprint density at radius 3 is 3.22 bits per heavy atom. The lowest BCUT2D eigenvalue weighted by Crippen LogP contribution is -1.82. The molecule has 0 unspecified atom stereocenters. The molecule has 0 radical (unpaired) electrons. The zero-order valence-corrected chi connectivity index (χ0v) is 4.35. The summed E-state index contributed by atoms with van der Waals surface area (Å²) in [6.07, 6.45) is 3.08. The molecule has 0 saturated heterocycles. The fourth-order valence-corrected chi connectivity index (χ4v) is 0.560. The summed E-state index contributed by atoms with van der Waals surface area (Å²) in [6.45, 7) is 0. The van der Waals surface area contributed by atoms with E-state index in [2.05, 4.69) is 25.1 Å². The molecule has 0 saturated carbocycles. The quantitative estimate of drug-likeness (QED) is 0.492. The first-order valence-electron chi connectivity index (χ1n) is 2.35. The Balaban J connectivity index is 2.95. The summed E-state index contributed by atoms with van der Waals surface area (Å²) in [5, 5.41) is 14.7. The first-order valence-corrected chi connectivity index (χ1v) is 2.35. The van der Waals surface area contributed by atoms with E-state index < -0.39 is 0 Å². The van der Waals surface area contributed by atoms with Crippen molar-refractivity contribution in [3.8, 4) is 0 Å². The summed E-state index contributed by atoms with van der Waals surface area (Å²) >= 11 is 0. The molecule has 2 aromatic heterocycles. The third-order valence-electron chi connectivity index (χ3n) is 0.962. The molecule has 2 heterocycles. The maximum absolute atomic E-state index is 4.65. The molecule has 5 nitrogen and oxygen atoms in total. The van der Waals surface area contributed by atoms with E-state index in [0.717, 1.165) is 5.39 Å². The second-order valence-corrected chi connectivity index (χ2v) is 1.52. The van der Waals surface area contributed by atoms with Gasteiger partial charge in [-0.3, -0.25) is 0 Å². The van der Waals surface area contributed by atoms with Crippen LogP contribution in [0.25, 0.3) is 11.1 Å². The molecule has 2 aromatic rings. The van der Waals surface area contributed by atoms with Crippen LogP contribution >= 0.6 is 0 Å². The van der Waals surface area contributed by atoms with Crippen LogP contribution in [-0.4, -0.2) is 20.6 Å². The maximum Gasteiger partial charge on any atom is 0.279 e. The predicted molar refractivity (Wildman–Crippen MR) is 27.4 cm³/mol. The van der Waals surface area contributed by atoms with Crippen molar-refractivity contribution in [2.75, 3.05) is 0 Å². The van der Waals surface area contributed by atoms with Gasteiger partial charge in [-0.2, -0.15) is 0 Å². The second kappa shape index (κ2) is 1.48. The molecule has 5 heteroatoms. The van der Waals surface area contributed by atoms with Crippen LogP contribution in [0.2, 0.25) is 0 Å². The molecule has 0 N–H and O–H groups in total. The molecular weight excluding hydrogens is 120 g/mol. The first kappa shape index (κ1) is 4.37. The molecule has 0 bridgehead atoms. The van der Waals surface area contributed by atoms with Gasteiger partial charge in [0.2, 0.25) is 0 Å². The Hall–Kier alpha value is -1.52. The topological polar surface area (TPSA) is 64.7 Å². The summed E-state index contributed by atoms with van der Waals surface area (Å²) in [7, 11) is 0. The smallest absolute Gasteiger partial charge is 0.279 e. The SMILES string of the molecule is c1nnnc2oncc12. The standard InChI is InChI=1S/C4H2N4O/c1-3-2-6-9-4(3)7-8-5-1/h1-2H. The van der Waals surface area contributed by atoms with Crippen molar-refractivity contribution in [2.24, 2.45) is 0 Å². The molecule has 0 atom stereocenters. The summed E-state index contributed by atoms with van der Waals surface area (Å²) in [5.74, 6) is 0. The van der Waals surface area contributed by atoms with E-state index in [0.29, 0.717) is 5.71 Å². The van der Waals surface area contributed by atoms with Crippen LogP contribution in [-0.2, 0) is 0 Å². The van der Waals surface area contributed by atoms with E-state index in [1.165, 1.54) is 6.20 Å². The third-order valence-corrected chi connectivity index (χ3v) is 0.962. The summed E-state index contributed by atoms with van der Waals surface area (Å²) in [4.78, 5) is 0. The first-order chi connectivity index (χ1) is 4.47. The lowest BCUT2D eigenvalue weighted by atomic mass is 10.5. The van der Waals surface area contributed by atoms with E-state index >= 15 is 0 Å². The maximum atomic E-state index is 4.65. The third kappa shape index (κ3) is 0.543. The van der Waals surface area contributed by atoms with Gasteiger partial charge in [-0.25, -0.2) is 0 Å². The highest BCUT2D eigenvalue weighted by atomic mass is 16.5. The minimum atomic E-state index is 0.421. The average Bonchev–Trinajstić information content (AvgIpc) is 2.33. The Morgan fingerprint density at radius 2 is 2.33 bits per heavy atom. The van der Waals surface area contributed by atoms with Crippen LogP contribution in [0, 0.1) is 0 Å². The van der Waals surface area contributed by atoms with Crippen LogP contribution < -0.4 is 0 Å². The molecule has 44 valence electrons. The number of fused-ring (bicyclic) bond motifs is 1. The van der Waals surface area contributed by atoms with Crippen LogP contribution in [0.15, 0.2) is 16.9 Å². The van der Waals surface area contributed by atoms with E-state index in [1.807, 2.05) is 0 Å². The van der Waals surface area contributed by atoms with Gasteiger partial charge in [-0.1, -0.05) is 10.3 Å². The van der Waals surface area contributed by atoms with Gasteiger partial charge in [-0.05, 0) is 5.21 Å². The van der Waals surface area contributed by atoms with E-state index in [4.69, 9.17) is 0 Å². The van der Waals surface area contributed by atoms with E-state index in [1.54, 1.807) is 6.20 Å². The lowest BCUT2D eigenvalue weighted by Gasteiger charge is -1.75. The van der Waals surface area contributed by atoms with Crippen LogP contribution in [0.3, 0.4) is 0 Å². The van der Waals surface area contributed by atoms with Crippen molar-refractivity contribution in [3.05, 3.63) is 12.4 Å². The van der Waals surface area contributed by atoms with Gasteiger partial charge in [0, 0.05) is 0 Å². The Labute approximate surface area is 49.7 Å². The lowest BCUT2D eigenvalue weighted by molar-refractivity contribution is 0.444. The Bertz CT molecular complexity index is 287. The Morgan fingerprint density at radius 1 is 1.33 bits per heavy atom. The minimum absolute atomic E-state index is 0.421. The monoisotopic (exact) mass is 122 g/mol. The van der Waals surface area contributed by atoms with Gasteiger partial charge in [-0.15, -0.1) is 5.10 Å². The Kier molecular flexibility index (Phi) is 0.717. The molecule has 9 heavy (non-hydrogen) atoms. The molecule has 0 aliphatic rings. The van der Waals surface area contributed by atoms with Crippen molar-refractivity contribution in [1.82, 2.24) is 20.6 Å². The molecule has 0 amide bonds. The summed E-state index contributed by atoms with van der Waals surface area (Å²) in [5.41, 5.74) is 0.421. The van der Waals surface area contributed by atoms with Crippen molar-refractivity contribution in [2.45, 2.75) is 0 Å². The van der Waals surface area contributed by atoms with Gasteiger partial charge in [0.1, 0.15) is 0 Å². The summed E-state index contributed by atoms with van der Waals surface area (Å²) in [6, 6.07) is 0. The van der Waals surface area contributed by atoms with Crippen molar-refractivity contribution in [1.29, 1.82) is 0 Å². The highest BCUT2D eigenvalue weighted by molar-refractivity contribution is 5.68. The predicted octanol–water partition coefficient (Wildman–Crippen LogP) is 0.0128. The second-order valence-electron chi connectivity index (χ2n) is 1.52. The number of aromatic nitrogens is 4. The van der Waals surface area contributed by atoms with Gasteiger partial charge in [0.05, 0.1) is 17.8 Å². The number of nitrogens with zero attached hydrogens (tertiary/aromatic N) is 4. The van der Waals surface area contributed by atoms with E-state index in [-0.39, 0.29) is 0 Å². The van der Waals surface area contributed by atoms with Gasteiger partial charge >= 0.3 is 0 Å². The van der Waals surface area contributed by atoms with Crippen molar-refractivity contribution < 1.29 is 4.52 Å². The highest BCUT2D eigenvalue weighted by Gasteiger charge is 1.95. The fourth-order valence-electron chi connectivity index (χ4n) is 0.560. The molecule has 0 spiro atoms. The van der Waals surface area contributed by atoms with Gasteiger partial charge in [0.15, 0.2) is 0 Å². The normalized spacial score (nSPS) is 10.2. The van der Waals surface area contributed by atoms with Crippen molar-refractivity contribution >= 4 is 11.1 Å². The van der Waals surface area contributed by atoms with Gasteiger partial charge < -0.3 is 4.52 Å². The number of hydrogen-bond acceptors (Lipinski definition) is 5. The van der Waals surface area contributed by atoms with E-state index in [9.17, 15) is 0 Å². The molecule has 0 aliphatic carbocycles. The molecular formula is C4H2N4O.